The highest BCUT2D eigenvalue weighted by atomic mass is 16.4. The highest BCUT2D eigenvalue weighted by Gasteiger charge is 2.34. The normalized spacial score (nSPS) is 18.4. The predicted octanol–water partition coefficient (Wildman–Crippen LogP) is -3.91. The van der Waals surface area contributed by atoms with E-state index < -0.39 is 42.8 Å². The van der Waals surface area contributed by atoms with E-state index in [2.05, 4.69) is 0 Å². The standard InChI is InChI=1S/C8H15NO7/c1-3(11)9-8(16)7(15)6(14)5(13)4(12)2-10/h4-7,10,12-15H,2H2,1H3,(H,9,11,16)/t4-,5-,6+,7+/m1/s1. The van der Waals surface area contributed by atoms with Crippen molar-refractivity contribution in [3.05, 3.63) is 0 Å². The van der Waals surface area contributed by atoms with Crippen molar-refractivity contribution < 1.29 is 35.1 Å². The van der Waals surface area contributed by atoms with Gasteiger partial charge in [-0.05, 0) is 0 Å². The van der Waals surface area contributed by atoms with E-state index in [0.717, 1.165) is 6.92 Å². The number of imide groups is 1. The van der Waals surface area contributed by atoms with Gasteiger partial charge in [0, 0.05) is 6.92 Å². The van der Waals surface area contributed by atoms with Crippen LogP contribution >= 0.6 is 0 Å². The average Bonchev–Trinajstić information content (AvgIpc) is 2.23. The first-order chi connectivity index (χ1) is 7.31. The van der Waals surface area contributed by atoms with Gasteiger partial charge in [0.1, 0.15) is 18.3 Å². The largest absolute Gasteiger partial charge is 0.394 e. The molecule has 0 radical (unpaired) electrons. The van der Waals surface area contributed by atoms with Crippen molar-refractivity contribution >= 4 is 11.8 Å². The van der Waals surface area contributed by atoms with Crippen LogP contribution in [0.1, 0.15) is 6.92 Å². The number of aliphatic hydroxyl groups excluding tert-OH is 5. The third kappa shape index (κ3) is 4.21. The molecule has 0 saturated heterocycles. The zero-order chi connectivity index (χ0) is 12.9. The molecular formula is C8H15NO7. The number of hydrogen-bond acceptors (Lipinski definition) is 7. The molecule has 0 aromatic carbocycles. The van der Waals surface area contributed by atoms with Crippen molar-refractivity contribution in [2.24, 2.45) is 0 Å². The van der Waals surface area contributed by atoms with Crippen LogP contribution in [0.5, 0.6) is 0 Å². The molecule has 0 heterocycles. The molecule has 0 aromatic heterocycles. The monoisotopic (exact) mass is 237 g/mol. The van der Waals surface area contributed by atoms with Crippen LogP contribution in [0.2, 0.25) is 0 Å². The topological polar surface area (TPSA) is 147 Å². The molecular weight excluding hydrogens is 222 g/mol. The molecule has 8 heteroatoms. The second kappa shape index (κ2) is 6.51. The van der Waals surface area contributed by atoms with E-state index in [-0.39, 0.29) is 0 Å². The lowest BCUT2D eigenvalue weighted by molar-refractivity contribution is -0.150. The Kier molecular flexibility index (Phi) is 6.08. The van der Waals surface area contributed by atoms with Crippen molar-refractivity contribution in [1.29, 1.82) is 0 Å². The molecule has 0 spiro atoms. The van der Waals surface area contributed by atoms with Gasteiger partial charge in [0.05, 0.1) is 6.61 Å². The zero-order valence-electron chi connectivity index (χ0n) is 8.57. The van der Waals surface area contributed by atoms with Crippen molar-refractivity contribution in [3.8, 4) is 0 Å². The lowest BCUT2D eigenvalue weighted by Gasteiger charge is -2.24. The number of nitrogens with one attached hydrogen (secondary N) is 1. The van der Waals surface area contributed by atoms with Crippen LogP contribution in [-0.2, 0) is 9.59 Å². The summed E-state index contributed by atoms with van der Waals surface area (Å²) in [5, 5.41) is 46.7. The van der Waals surface area contributed by atoms with E-state index in [1.54, 1.807) is 5.32 Å². The Balaban J connectivity index is 4.42. The van der Waals surface area contributed by atoms with E-state index in [9.17, 15) is 19.8 Å². The Morgan fingerprint density at radius 3 is 2.00 bits per heavy atom. The zero-order valence-corrected chi connectivity index (χ0v) is 8.57. The fourth-order valence-electron chi connectivity index (χ4n) is 0.925. The molecule has 0 aliphatic rings. The SMILES string of the molecule is CC(=O)NC(=O)[C@@H](O)[C@@H](O)[C@H](O)[C@H](O)CO. The number of carbonyl (C=O) groups is 2. The molecule has 0 fully saturated rings. The third-order valence-electron chi connectivity index (χ3n) is 1.82. The van der Waals surface area contributed by atoms with E-state index in [1.807, 2.05) is 0 Å². The Morgan fingerprint density at radius 2 is 1.62 bits per heavy atom. The van der Waals surface area contributed by atoms with Gasteiger partial charge >= 0.3 is 0 Å². The first kappa shape index (κ1) is 14.9. The molecule has 94 valence electrons. The van der Waals surface area contributed by atoms with Crippen LogP contribution in [0.25, 0.3) is 0 Å². The van der Waals surface area contributed by atoms with E-state index >= 15 is 0 Å². The fraction of sp³-hybridized carbons (Fsp3) is 0.750. The molecule has 0 aliphatic heterocycles. The smallest absolute Gasteiger partial charge is 0.258 e. The Labute approximate surface area is 91.1 Å². The minimum atomic E-state index is -2.08. The fourth-order valence-corrected chi connectivity index (χ4v) is 0.925. The molecule has 4 atom stereocenters. The summed E-state index contributed by atoms with van der Waals surface area (Å²) in [4.78, 5) is 21.5. The second-order valence-electron chi connectivity index (χ2n) is 3.22. The number of rotatable bonds is 5. The van der Waals surface area contributed by atoms with E-state index in [0.29, 0.717) is 0 Å². The number of amides is 2. The Bertz CT molecular complexity index is 257. The highest BCUT2D eigenvalue weighted by molar-refractivity contribution is 5.96. The summed E-state index contributed by atoms with van der Waals surface area (Å²) in [6.07, 6.45) is -7.70. The molecule has 2 amide bonds. The molecule has 0 bridgehead atoms. The lowest BCUT2D eigenvalue weighted by atomic mass is 10.0. The summed E-state index contributed by atoms with van der Waals surface area (Å²) >= 11 is 0. The summed E-state index contributed by atoms with van der Waals surface area (Å²) in [7, 11) is 0. The van der Waals surface area contributed by atoms with Crippen molar-refractivity contribution in [2.45, 2.75) is 31.3 Å². The number of hydrogen-bond donors (Lipinski definition) is 6. The number of carbonyl (C=O) groups excluding carboxylic acids is 2. The van der Waals surface area contributed by atoms with Gasteiger partial charge in [-0.1, -0.05) is 0 Å². The number of aliphatic hydroxyl groups is 5. The third-order valence-corrected chi connectivity index (χ3v) is 1.82. The van der Waals surface area contributed by atoms with Gasteiger partial charge in [-0.2, -0.15) is 0 Å². The maximum Gasteiger partial charge on any atom is 0.258 e. The molecule has 8 nitrogen and oxygen atoms in total. The van der Waals surface area contributed by atoms with Crippen LogP contribution in [-0.4, -0.2) is 68.4 Å². The summed E-state index contributed by atoms with van der Waals surface area (Å²) in [5.74, 6) is -1.95. The molecule has 0 saturated carbocycles. The van der Waals surface area contributed by atoms with E-state index in [4.69, 9.17) is 15.3 Å². The van der Waals surface area contributed by atoms with Gasteiger partial charge in [0.15, 0.2) is 6.10 Å². The van der Waals surface area contributed by atoms with Crippen molar-refractivity contribution in [3.63, 3.8) is 0 Å². The van der Waals surface area contributed by atoms with E-state index in [1.165, 1.54) is 0 Å². The van der Waals surface area contributed by atoms with Crippen LogP contribution < -0.4 is 5.32 Å². The maximum absolute atomic E-state index is 11.0. The van der Waals surface area contributed by atoms with Gasteiger partial charge in [0.2, 0.25) is 5.91 Å². The summed E-state index contributed by atoms with van der Waals surface area (Å²) < 4.78 is 0. The quantitative estimate of drug-likeness (QED) is 0.286. The molecule has 0 aliphatic carbocycles. The van der Waals surface area contributed by atoms with Crippen LogP contribution in [0.15, 0.2) is 0 Å². The highest BCUT2D eigenvalue weighted by Crippen LogP contribution is 2.05. The molecule has 6 N–H and O–H groups in total. The van der Waals surface area contributed by atoms with Gasteiger partial charge in [-0.15, -0.1) is 0 Å². The average molecular weight is 237 g/mol. The molecule has 0 unspecified atom stereocenters. The molecule has 0 rings (SSSR count). The molecule has 16 heavy (non-hydrogen) atoms. The lowest BCUT2D eigenvalue weighted by Crippen LogP contribution is -2.52. The summed E-state index contributed by atoms with van der Waals surface area (Å²) in [6.45, 7) is 0.176. The maximum atomic E-state index is 11.0. The van der Waals surface area contributed by atoms with Crippen LogP contribution in [0.3, 0.4) is 0 Å². The predicted molar refractivity (Wildman–Crippen MR) is 49.9 cm³/mol. The van der Waals surface area contributed by atoms with Crippen molar-refractivity contribution in [1.82, 2.24) is 5.32 Å². The Morgan fingerprint density at radius 1 is 1.12 bits per heavy atom. The Hall–Kier alpha value is -1.06. The van der Waals surface area contributed by atoms with Gasteiger partial charge in [0.25, 0.3) is 5.91 Å². The van der Waals surface area contributed by atoms with Crippen LogP contribution in [0, 0.1) is 0 Å². The van der Waals surface area contributed by atoms with Gasteiger partial charge < -0.3 is 25.5 Å². The minimum Gasteiger partial charge on any atom is -0.394 e. The van der Waals surface area contributed by atoms with Crippen molar-refractivity contribution in [2.75, 3.05) is 6.61 Å². The first-order valence-corrected chi connectivity index (χ1v) is 4.45. The first-order valence-electron chi connectivity index (χ1n) is 4.45. The van der Waals surface area contributed by atoms with Crippen LogP contribution in [0.4, 0.5) is 0 Å². The minimum absolute atomic E-state index is 0.742. The van der Waals surface area contributed by atoms with Gasteiger partial charge in [-0.3, -0.25) is 14.9 Å². The summed E-state index contributed by atoms with van der Waals surface area (Å²) in [5.41, 5.74) is 0. The second-order valence-corrected chi connectivity index (χ2v) is 3.22. The van der Waals surface area contributed by atoms with Gasteiger partial charge in [-0.25, -0.2) is 0 Å². The summed E-state index contributed by atoms with van der Waals surface area (Å²) in [6, 6.07) is 0. The molecule has 0 aromatic rings.